The molecule has 6 heteroatoms. The third-order valence-electron chi connectivity index (χ3n) is 3.57. The fourth-order valence-electron chi connectivity index (χ4n) is 2.19. The summed E-state index contributed by atoms with van der Waals surface area (Å²) in [5, 5.41) is 6.75. The molecule has 0 bridgehead atoms. The highest BCUT2D eigenvalue weighted by Crippen LogP contribution is 2.33. The molecule has 1 aromatic carbocycles. The number of halogens is 1. The number of unbranched alkanes of at least 4 members (excludes halogenated alkanes) is 1. The molecule has 24 heavy (non-hydrogen) atoms. The Labute approximate surface area is 147 Å². The second-order valence-electron chi connectivity index (χ2n) is 5.47. The summed E-state index contributed by atoms with van der Waals surface area (Å²) < 4.78 is 5.35. The van der Waals surface area contributed by atoms with Crippen molar-refractivity contribution in [1.82, 2.24) is 10.3 Å². The van der Waals surface area contributed by atoms with Gasteiger partial charge in [-0.05, 0) is 37.1 Å². The maximum Gasteiger partial charge on any atom is 0.269 e. The van der Waals surface area contributed by atoms with Gasteiger partial charge >= 0.3 is 0 Å². The number of amides is 1. The standard InChI is InChI=1S/C18H22ClN3O2/c1-4-5-7-21-18(23)16-10-13(6-8-20-16)22-15-9-12(2)14(19)11-17(15)24-3/h6,8-11H,4-5,7H2,1-3H3,(H,20,22)(H,21,23). The molecule has 0 aliphatic heterocycles. The molecule has 0 radical (unpaired) electrons. The number of anilines is 2. The quantitative estimate of drug-likeness (QED) is 0.732. The van der Waals surface area contributed by atoms with Crippen LogP contribution in [0.4, 0.5) is 11.4 Å². The molecule has 128 valence electrons. The van der Waals surface area contributed by atoms with Crippen LogP contribution in [0, 0.1) is 6.92 Å². The first-order chi connectivity index (χ1) is 11.5. The molecule has 2 N–H and O–H groups in total. The van der Waals surface area contributed by atoms with Crippen LogP contribution in [0.3, 0.4) is 0 Å². The normalized spacial score (nSPS) is 10.3. The van der Waals surface area contributed by atoms with Gasteiger partial charge in [-0.1, -0.05) is 24.9 Å². The highest BCUT2D eigenvalue weighted by Gasteiger charge is 2.10. The number of pyridine rings is 1. The third-order valence-corrected chi connectivity index (χ3v) is 3.98. The summed E-state index contributed by atoms with van der Waals surface area (Å²) >= 11 is 6.12. The van der Waals surface area contributed by atoms with E-state index in [9.17, 15) is 4.79 Å². The predicted molar refractivity (Wildman–Crippen MR) is 97.5 cm³/mol. The van der Waals surface area contributed by atoms with E-state index in [1.807, 2.05) is 13.0 Å². The lowest BCUT2D eigenvalue weighted by Gasteiger charge is -2.13. The lowest BCUT2D eigenvalue weighted by molar-refractivity contribution is 0.0948. The van der Waals surface area contributed by atoms with Gasteiger partial charge in [0.1, 0.15) is 11.4 Å². The molecule has 1 aromatic heterocycles. The van der Waals surface area contributed by atoms with E-state index in [1.54, 1.807) is 31.5 Å². The van der Waals surface area contributed by atoms with Crippen LogP contribution in [0.5, 0.6) is 5.75 Å². The molecule has 0 saturated heterocycles. The van der Waals surface area contributed by atoms with Crippen LogP contribution in [-0.2, 0) is 0 Å². The Morgan fingerprint density at radius 2 is 2.12 bits per heavy atom. The SMILES string of the molecule is CCCCNC(=O)c1cc(Nc2cc(C)c(Cl)cc2OC)ccn1. The van der Waals surface area contributed by atoms with Crippen molar-refractivity contribution in [1.29, 1.82) is 0 Å². The lowest BCUT2D eigenvalue weighted by Crippen LogP contribution is -2.25. The molecule has 0 unspecified atom stereocenters. The Hall–Kier alpha value is -2.27. The molecule has 1 amide bonds. The first-order valence-corrected chi connectivity index (χ1v) is 8.28. The summed E-state index contributed by atoms with van der Waals surface area (Å²) in [5.74, 6) is 0.461. The Kier molecular flexibility index (Phi) is 6.44. The van der Waals surface area contributed by atoms with Gasteiger partial charge in [-0.15, -0.1) is 0 Å². The molecule has 5 nitrogen and oxygen atoms in total. The molecular weight excluding hydrogens is 326 g/mol. The fourth-order valence-corrected chi connectivity index (χ4v) is 2.34. The van der Waals surface area contributed by atoms with E-state index in [1.165, 1.54) is 0 Å². The molecule has 0 saturated carbocycles. The average molecular weight is 348 g/mol. The van der Waals surface area contributed by atoms with Gasteiger partial charge < -0.3 is 15.4 Å². The molecule has 0 aliphatic rings. The minimum Gasteiger partial charge on any atom is -0.495 e. The largest absolute Gasteiger partial charge is 0.495 e. The van der Waals surface area contributed by atoms with Crippen LogP contribution in [0.1, 0.15) is 35.8 Å². The summed E-state index contributed by atoms with van der Waals surface area (Å²) in [6.45, 7) is 4.65. The molecule has 2 aromatic rings. The Morgan fingerprint density at radius 1 is 1.33 bits per heavy atom. The topological polar surface area (TPSA) is 63.2 Å². The summed E-state index contributed by atoms with van der Waals surface area (Å²) in [7, 11) is 1.59. The Bertz CT molecular complexity index is 719. The molecule has 1 heterocycles. The van der Waals surface area contributed by atoms with E-state index in [0.717, 1.165) is 29.8 Å². The summed E-state index contributed by atoms with van der Waals surface area (Å²) in [4.78, 5) is 16.2. The van der Waals surface area contributed by atoms with Gasteiger partial charge in [-0.3, -0.25) is 9.78 Å². The summed E-state index contributed by atoms with van der Waals surface area (Å²) in [6, 6.07) is 7.18. The Morgan fingerprint density at radius 3 is 2.83 bits per heavy atom. The first-order valence-electron chi connectivity index (χ1n) is 7.90. The average Bonchev–Trinajstić information content (AvgIpc) is 2.58. The molecule has 0 spiro atoms. The maximum atomic E-state index is 12.1. The zero-order chi connectivity index (χ0) is 17.5. The van der Waals surface area contributed by atoms with Gasteiger partial charge in [0.25, 0.3) is 5.91 Å². The van der Waals surface area contributed by atoms with Gasteiger partial charge in [0.2, 0.25) is 0 Å². The number of carbonyl (C=O) groups is 1. The van der Waals surface area contributed by atoms with E-state index in [2.05, 4.69) is 22.5 Å². The van der Waals surface area contributed by atoms with Crippen LogP contribution in [0.15, 0.2) is 30.5 Å². The number of rotatable bonds is 7. The lowest BCUT2D eigenvalue weighted by atomic mass is 10.2. The number of aryl methyl sites for hydroxylation is 1. The van der Waals surface area contributed by atoms with Gasteiger partial charge in [0, 0.05) is 29.5 Å². The van der Waals surface area contributed by atoms with Crippen LogP contribution in [-0.4, -0.2) is 24.5 Å². The third kappa shape index (κ3) is 4.61. The number of aromatic nitrogens is 1. The number of hydrogen-bond donors (Lipinski definition) is 2. The van der Waals surface area contributed by atoms with Crippen LogP contribution < -0.4 is 15.4 Å². The van der Waals surface area contributed by atoms with Crippen molar-refractivity contribution in [2.45, 2.75) is 26.7 Å². The van der Waals surface area contributed by atoms with Gasteiger partial charge in [-0.25, -0.2) is 0 Å². The predicted octanol–water partition coefficient (Wildman–Crippen LogP) is 4.33. The summed E-state index contributed by atoms with van der Waals surface area (Å²) in [6.07, 6.45) is 3.59. The molecule has 0 aliphatic carbocycles. The van der Waals surface area contributed by atoms with E-state index >= 15 is 0 Å². The molecular formula is C18H22ClN3O2. The zero-order valence-corrected chi connectivity index (χ0v) is 14.9. The van der Waals surface area contributed by atoms with Crippen molar-refractivity contribution in [3.63, 3.8) is 0 Å². The van der Waals surface area contributed by atoms with Gasteiger partial charge in [0.05, 0.1) is 12.8 Å². The smallest absolute Gasteiger partial charge is 0.269 e. The zero-order valence-electron chi connectivity index (χ0n) is 14.1. The van der Waals surface area contributed by atoms with Crippen molar-refractivity contribution in [2.24, 2.45) is 0 Å². The number of carbonyl (C=O) groups excluding carboxylic acids is 1. The number of hydrogen-bond acceptors (Lipinski definition) is 4. The molecule has 2 rings (SSSR count). The number of nitrogens with zero attached hydrogens (tertiary/aromatic N) is 1. The van der Waals surface area contributed by atoms with Crippen molar-refractivity contribution in [3.8, 4) is 5.75 Å². The van der Waals surface area contributed by atoms with Crippen LogP contribution >= 0.6 is 11.6 Å². The second kappa shape index (κ2) is 8.55. The summed E-state index contributed by atoms with van der Waals surface area (Å²) in [5.41, 5.74) is 2.85. The van der Waals surface area contributed by atoms with E-state index < -0.39 is 0 Å². The minimum absolute atomic E-state index is 0.175. The van der Waals surface area contributed by atoms with Crippen molar-refractivity contribution >= 4 is 28.9 Å². The highest BCUT2D eigenvalue weighted by molar-refractivity contribution is 6.31. The second-order valence-corrected chi connectivity index (χ2v) is 5.87. The fraction of sp³-hybridized carbons (Fsp3) is 0.333. The number of nitrogens with one attached hydrogen (secondary N) is 2. The van der Waals surface area contributed by atoms with E-state index in [-0.39, 0.29) is 5.91 Å². The maximum absolute atomic E-state index is 12.1. The number of methoxy groups -OCH3 is 1. The number of benzene rings is 1. The monoisotopic (exact) mass is 347 g/mol. The van der Waals surface area contributed by atoms with Gasteiger partial charge in [-0.2, -0.15) is 0 Å². The van der Waals surface area contributed by atoms with Gasteiger partial charge in [0.15, 0.2) is 0 Å². The van der Waals surface area contributed by atoms with E-state index in [0.29, 0.717) is 23.0 Å². The van der Waals surface area contributed by atoms with Crippen molar-refractivity contribution in [3.05, 3.63) is 46.7 Å². The first kappa shape index (κ1) is 18.1. The van der Waals surface area contributed by atoms with E-state index in [4.69, 9.17) is 16.3 Å². The minimum atomic E-state index is -0.175. The van der Waals surface area contributed by atoms with Crippen LogP contribution in [0.2, 0.25) is 5.02 Å². The van der Waals surface area contributed by atoms with Crippen molar-refractivity contribution in [2.75, 3.05) is 19.0 Å². The van der Waals surface area contributed by atoms with Crippen LogP contribution in [0.25, 0.3) is 0 Å². The number of ether oxygens (including phenoxy) is 1. The van der Waals surface area contributed by atoms with Crippen molar-refractivity contribution < 1.29 is 9.53 Å². The Balaban J connectivity index is 2.18. The molecule has 0 atom stereocenters. The molecule has 0 fully saturated rings. The highest BCUT2D eigenvalue weighted by atomic mass is 35.5.